The van der Waals surface area contributed by atoms with Crippen molar-refractivity contribution in [3.05, 3.63) is 0 Å². The smallest absolute Gasteiger partial charge is 0.245 e. The van der Waals surface area contributed by atoms with Crippen molar-refractivity contribution in [2.75, 3.05) is 32.7 Å². The van der Waals surface area contributed by atoms with Gasteiger partial charge >= 0.3 is 0 Å². The fourth-order valence-electron chi connectivity index (χ4n) is 3.58. The zero-order chi connectivity index (χ0) is 13.2. The lowest BCUT2D eigenvalue weighted by Gasteiger charge is -2.43. The van der Waals surface area contributed by atoms with Crippen LogP contribution in [0.4, 0.5) is 0 Å². The van der Waals surface area contributed by atoms with Crippen LogP contribution in [0, 0.1) is 5.92 Å². The van der Waals surface area contributed by atoms with Gasteiger partial charge in [0.05, 0.1) is 6.54 Å². The highest BCUT2D eigenvalue weighted by Gasteiger charge is 2.40. The fourth-order valence-corrected chi connectivity index (χ4v) is 3.58. The molecule has 0 spiro atoms. The van der Waals surface area contributed by atoms with Crippen LogP contribution in [0.3, 0.4) is 0 Å². The van der Waals surface area contributed by atoms with E-state index in [4.69, 9.17) is 0 Å². The number of piperidine rings is 2. The van der Waals surface area contributed by atoms with Gasteiger partial charge in [0.1, 0.15) is 6.04 Å². The molecule has 5 nitrogen and oxygen atoms in total. The van der Waals surface area contributed by atoms with Crippen LogP contribution in [-0.4, -0.2) is 60.4 Å². The number of carbonyl (C=O) groups is 2. The first-order valence-corrected chi connectivity index (χ1v) is 7.54. The summed E-state index contributed by atoms with van der Waals surface area (Å²) in [6, 6.07) is -0.161. The summed E-state index contributed by atoms with van der Waals surface area (Å²) in [6.45, 7) is 3.88. The van der Waals surface area contributed by atoms with Crippen LogP contribution in [0.15, 0.2) is 0 Å². The highest BCUT2D eigenvalue weighted by Crippen LogP contribution is 2.24. The molecule has 3 saturated heterocycles. The van der Waals surface area contributed by atoms with Crippen LogP contribution in [0.2, 0.25) is 0 Å². The van der Waals surface area contributed by atoms with Gasteiger partial charge in [0.15, 0.2) is 0 Å². The fraction of sp³-hybridized carbons (Fsp3) is 0.857. The summed E-state index contributed by atoms with van der Waals surface area (Å²) in [6.07, 6.45) is 5.31. The van der Waals surface area contributed by atoms with Crippen molar-refractivity contribution in [3.8, 4) is 0 Å². The third kappa shape index (κ3) is 2.61. The molecule has 3 fully saturated rings. The summed E-state index contributed by atoms with van der Waals surface area (Å²) < 4.78 is 0. The van der Waals surface area contributed by atoms with E-state index in [9.17, 15) is 9.59 Å². The van der Waals surface area contributed by atoms with Gasteiger partial charge in [0, 0.05) is 13.1 Å². The van der Waals surface area contributed by atoms with Crippen molar-refractivity contribution in [1.29, 1.82) is 0 Å². The van der Waals surface area contributed by atoms with Crippen LogP contribution < -0.4 is 5.32 Å². The van der Waals surface area contributed by atoms with Crippen molar-refractivity contribution in [2.24, 2.45) is 5.92 Å². The molecule has 0 radical (unpaired) electrons. The van der Waals surface area contributed by atoms with E-state index in [2.05, 4.69) is 5.32 Å². The molecule has 106 valence electrons. The summed E-state index contributed by atoms with van der Waals surface area (Å²) in [7, 11) is 0. The van der Waals surface area contributed by atoms with E-state index in [1.54, 1.807) is 4.90 Å². The predicted octanol–water partition coefficient (Wildman–Crippen LogP) is 0.209. The van der Waals surface area contributed by atoms with E-state index in [0.717, 1.165) is 45.4 Å². The molecule has 2 atom stereocenters. The van der Waals surface area contributed by atoms with Crippen LogP contribution in [-0.2, 0) is 9.59 Å². The SMILES string of the molecule is O=C1C2CCCCN2C(=O)CN1CC1CCCNC1. The summed E-state index contributed by atoms with van der Waals surface area (Å²) in [5, 5.41) is 3.37. The predicted molar refractivity (Wildman–Crippen MR) is 71.5 cm³/mol. The molecular formula is C14H23N3O2. The quantitative estimate of drug-likeness (QED) is 0.776. The van der Waals surface area contributed by atoms with Crippen molar-refractivity contribution in [1.82, 2.24) is 15.1 Å². The van der Waals surface area contributed by atoms with Gasteiger partial charge in [-0.05, 0) is 51.1 Å². The number of hydrogen-bond acceptors (Lipinski definition) is 3. The molecular weight excluding hydrogens is 242 g/mol. The number of nitrogens with one attached hydrogen (secondary N) is 1. The Hall–Kier alpha value is -1.10. The molecule has 3 aliphatic rings. The van der Waals surface area contributed by atoms with Gasteiger partial charge in [-0.2, -0.15) is 0 Å². The second-order valence-corrected chi connectivity index (χ2v) is 6.03. The molecule has 3 aliphatic heterocycles. The molecule has 2 unspecified atom stereocenters. The zero-order valence-electron chi connectivity index (χ0n) is 11.4. The zero-order valence-corrected chi connectivity index (χ0v) is 11.4. The van der Waals surface area contributed by atoms with Gasteiger partial charge in [-0.25, -0.2) is 0 Å². The third-order valence-corrected chi connectivity index (χ3v) is 4.62. The molecule has 0 bridgehead atoms. The number of nitrogens with zero attached hydrogens (tertiary/aromatic N) is 2. The molecule has 2 amide bonds. The highest BCUT2D eigenvalue weighted by atomic mass is 16.2. The van der Waals surface area contributed by atoms with Crippen LogP contribution in [0.1, 0.15) is 32.1 Å². The van der Waals surface area contributed by atoms with Gasteiger partial charge in [0.2, 0.25) is 11.8 Å². The normalized spacial score (nSPS) is 32.4. The first-order valence-electron chi connectivity index (χ1n) is 7.54. The molecule has 1 N–H and O–H groups in total. The van der Waals surface area contributed by atoms with E-state index in [-0.39, 0.29) is 17.9 Å². The van der Waals surface area contributed by atoms with E-state index in [1.165, 1.54) is 12.8 Å². The third-order valence-electron chi connectivity index (χ3n) is 4.62. The van der Waals surface area contributed by atoms with Gasteiger partial charge < -0.3 is 15.1 Å². The lowest BCUT2D eigenvalue weighted by molar-refractivity contribution is -0.158. The number of carbonyl (C=O) groups excluding carboxylic acids is 2. The molecule has 0 aromatic carbocycles. The molecule has 0 aromatic rings. The molecule has 5 heteroatoms. The lowest BCUT2D eigenvalue weighted by Crippen LogP contribution is -2.62. The van der Waals surface area contributed by atoms with Crippen LogP contribution in [0.5, 0.6) is 0 Å². The summed E-state index contributed by atoms with van der Waals surface area (Å²) >= 11 is 0. The van der Waals surface area contributed by atoms with Crippen molar-refractivity contribution in [2.45, 2.75) is 38.1 Å². The monoisotopic (exact) mass is 265 g/mol. The maximum Gasteiger partial charge on any atom is 0.245 e. The molecule has 3 heterocycles. The first kappa shape index (κ1) is 12.9. The summed E-state index contributed by atoms with van der Waals surface area (Å²) in [5.74, 6) is 0.846. The number of fused-ring (bicyclic) bond motifs is 1. The maximum atomic E-state index is 12.5. The van der Waals surface area contributed by atoms with Crippen LogP contribution in [0.25, 0.3) is 0 Å². The Balaban J connectivity index is 1.65. The van der Waals surface area contributed by atoms with E-state index in [0.29, 0.717) is 12.5 Å². The average Bonchev–Trinajstić information content (AvgIpc) is 2.46. The Kier molecular flexibility index (Phi) is 3.73. The van der Waals surface area contributed by atoms with Gasteiger partial charge in [-0.1, -0.05) is 0 Å². The Morgan fingerprint density at radius 3 is 2.84 bits per heavy atom. The van der Waals surface area contributed by atoms with Crippen molar-refractivity contribution < 1.29 is 9.59 Å². The Morgan fingerprint density at radius 2 is 2.05 bits per heavy atom. The molecule has 3 rings (SSSR count). The number of piperazine rings is 1. The minimum Gasteiger partial charge on any atom is -0.331 e. The minimum absolute atomic E-state index is 0.146. The maximum absolute atomic E-state index is 12.5. The van der Waals surface area contributed by atoms with Gasteiger partial charge in [0.25, 0.3) is 0 Å². The topological polar surface area (TPSA) is 52.7 Å². The Bertz CT molecular complexity index is 366. The summed E-state index contributed by atoms with van der Waals surface area (Å²) in [5.41, 5.74) is 0. The summed E-state index contributed by atoms with van der Waals surface area (Å²) in [4.78, 5) is 28.3. The average molecular weight is 265 g/mol. The molecule has 0 aliphatic carbocycles. The molecule has 0 aromatic heterocycles. The molecule has 19 heavy (non-hydrogen) atoms. The Morgan fingerprint density at radius 1 is 1.16 bits per heavy atom. The van der Waals surface area contributed by atoms with Crippen molar-refractivity contribution >= 4 is 11.8 Å². The minimum atomic E-state index is -0.161. The Labute approximate surface area is 114 Å². The number of rotatable bonds is 2. The molecule has 0 saturated carbocycles. The van der Waals surface area contributed by atoms with Crippen LogP contribution >= 0.6 is 0 Å². The van der Waals surface area contributed by atoms with E-state index in [1.807, 2.05) is 4.90 Å². The lowest BCUT2D eigenvalue weighted by atomic mass is 9.95. The van der Waals surface area contributed by atoms with E-state index < -0.39 is 0 Å². The largest absolute Gasteiger partial charge is 0.331 e. The number of hydrogen-bond donors (Lipinski definition) is 1. The van der Waals surface area contributed by atoms with Crippen molar-refractivity contribution in [3.63, 3.8) is 0 Å². The van der Waals surface area contributed by atoms with Gasteiger partial charge in [-0.3, -0.25) is 9.59 Å². The second kappa shape index (κ2) is 5.49. The second-order valence-electron chi connectivity index (χ2n) is 6.03. The van der Waals surface area contributed by atoms with E-state index >= 15 is 0 Å². The first-order chi connectivity index (χ1) is 9.25. The van der Waals surface area contributed by atoms with Gasteiger partial charge in [-0.15, -0.1) is 0 Å². The highest BCUT2D eigenvalue weighted by molar-refractivity contribution is 5.95. The standard InChI is InChI=1S/C14H23N3O2/c18-13-10-16(9-11-4-3-6-15-8-11)14(19)12-5-1-2-7-17(12)13/h11-12,15H,1-10H2. The number of amides is 2.